The monoisotopic (exact) mass is 549 g/mol. The number of Topliss-reactive ketones (excluding diaryl/α,β-unsaturated/α-hetero) is 1. The van der Waals surface area contributed by atoms with Crippen molar-refractivity contribution in [1.29, 1.82) is 0 Å². The Balaban J connectivity index is 2.09. The van der Waals surface area contributed by atoms with Crippen LogP contribution >= 0.6 is 15.9 Å². The van der Waals surface area contributed by atoms with Crippen LogP contribution in [-0.4, -0.2) is 80.6 Å². The summed E-state index contributed by atoms with van der Waals surface area (Å²) in [4.78, 5) is 29.6. The smallest absolute Gasteiger partial charge is 0.295 e. The Labute approximate surface area is 208 Å². The fourth-order valence-corrected chi connectivity index (χ4v) is 5.16. The predicted molar refractivity (Wildman–Crippen MR) is 134 cm³/mol. The highest BCUT2D eigenvalue weighted by Gasteiger charge is 2.45. The molecule has 0 spiro atoms. The summed E-state index contributed by atoms with van der Waals surface area (Å²) in [6.45, 7) is 1.08. The second-order valence-electron chi connectivity index (χ2n) is 8.52. The lowest BCUT2D eigenvalue weighted by Gasteiger charge is -2.26. The fourth-order valence-electron chi connectivity index (χ4n) is 3.84. The highest BCUT2D eigenvalue weighted by Crippen LogP contribution is 2.40. The average molecular weight is 550 g/mol. The molecular formula is C24H28BrN3O5S. The molecule has 0 unspecified atom stereocenters. The van der Waals surface area contributed by atoms with Crippen LogP contribution in [0.15, 0.2) is 63.5 Å². The number of ketones is 1. The van der Waals surface area contributed by atoms with Crippen LogP contribution in [0.5, 0.6) is 0 Å². The summed E-state index contributed by atoms with van der Waals surface area (Å²) in [5, 5.41) is 11.1. The maximum Gasteiger partial charge on any atom is 0.295 e. The highest BCUT2D eigenvalue weighted by atomic mass is 79.9. The fraction of sp³-hybridized carbons (Fsp3) is 0.333. The van der Waals surface area contributed by atoms with Gasteiger partial charge in [0.15, 0.2) is 0 Å². The Morgan fingerprint density at radius 3 is 2.26 bits per heavy atom. The Morgan fingerprint density at radius 2 is 1.71 bits per heavy atom. The summed E-state index contributed by atoms with van der Waals surface area (Å²) in [5.74, 6) is -1.78. The zero-order valence-electron chi connectivity index (χ0n) is 19.5. The molecule has 2 aromatic carbocycles. The Morgan fingerprint density at radius 1 is 1.06 bits per heavy atom. The van der Waals surface area contributed by atoms with Gasteiger partial charge >= 0.3 is 0 Å². The number of likely N-dealkylation sites (tertiary alicyclic amines) is 1. The van der Waals surface area contributed by atoms with Crippen LogP contribution in [0.1, 0.15) is 23.6 Å². The molecule has 1 amide bonds. The molecule has 0 saturated carbocycles. The van der Waals surface area contributed by atoms with Crippen molar-refractivity contribution in [2.24, 2.45) is 0 Å². The molecule has 1 atom stereocenters. The SMILES string of the molecule is CN(C)CCCN1C(=O)C(=O)/C(=C(/O)c2ccc(S(=O)(=O)N(C)C)cc2)[C@H]1c1cccc(Br)c1. The number of aliphatic hydroxyl groups is 1. The zero-order valence-corrected chi connectivity index (χ0v) is 21.9. The number of nitrogens with zero attached hydrogens (tertiary/aromatic N) is 3. The van der Waals surface area contributed by atoms with E-state index in [9.17, 15) is 23.1 Å². The van der Waals surface area contributed by atoms with Crippen molar-refractivity contribution in [2.45, 2.75) is 17.4 Å². The normalized spacial score (nSPS) is 18.3. The molecule has 34 heavy (non-hydrogen) atoms. The van der Waals surface area contributed by atoms with Gasteiger partial charge in [0.05, 0.1) is 16.5 Å². The molecule has 2 aromatic rings. The average Bonchev–Trinajstić information content (AvgIpc) is 3.03. The van der Waals surface area contributed by atoms with Crippen LogP contribution in [0, 0.1) is 0 Å². The second-order valence-corrected chi connectivity index (χ2v) is 11.6. The van der Waals surface area contributed by atoms with Gasteiger partial charge in [-0.2, -0.15) is 0 Å². The third-order valence-corrected chi connectivity index (χ3v) is 7.94. The standard InChI is InChI=1S/C24H28BrN3O5S/c1-26(2)13-6-14-28-21(17-7-5-8-18(25)15-17)20(23(30)24(28)31)22(29)16-9-11-19(12-10-16)34(32,33)27(3)4/h5,7-12,15,21,29H,6,13-14H2,1-4H3/b22-20+/t21-/m1/s1. The Hall–Kier alpha value is -2.53. The molecule has 0 aliphatic carbocycles. The van der Waals surface area contributed by atoms with E-state index in [1.54, 1.807) is 12.1 Å². The van der Waals surface area contributed by atoms with E-state index in [1.165, 1.54) is 43.3 Å². The van der Waals surface area contributed by atoms with E-state index in [-0.39, 0.29) is 21.8 Å². The molecule has 1 heterocycles. The van der Waals surface area contributed by atoms with Gasteiger partial charge in [0.25, 0.3) is 11.7 Å². The Kier molecular flexibility index (Phi) is 7.97. The molecule has 0 bridgehead atoms. The maximum atomic E-state index is 13.1. The number of hydrogen-bond donors (Lipinski definition) is 1. The summed E-state index contributed by atoms with van der Waals surface area (Å²) in [6.07, 6.45) is 0.654. The van der Waals surface area contributed by atoms with E-state index in [0.29, 0.717) is 18.5 Å². The summed E-state index contributed by atoms with van der Waals surface area (Å²) in [6, 6.07) is 12.1. The topological polar surface area (TPSA) is 98.2 Å². The number of sulfonamides is 1. The summed E-state index contributed by atoms with van der Waals surface area (Å²) in [7, 11) is 3.07. The lowest BCUT2D eigenvalue weighted by molar-refractivity contribution is -0.139. The first-order valence-corrected chi connectivity index (χ1v) is 12.9. The number of amides is 1. The van der Waals surface area contributed by atoms with Crippen molar-refractivity contribution >= 4 is 43.4 Å². The molecule has 1 aliphatic heterocycles. The minimum absolute atomic E-state index is 0.0174. The molecule has 1 N–H and O–H groups in total. The number of carbonyl (C=O) groups is 2. The van der Waals surface area contributed by atoms with E-state index in [1.807, 2.05) is 31.1 Å². The van der Waals surface area contributed by atoms with E-state index in [4.69, 9.17) is 0 Å². The molecule has 0 radical (unpaired) electrons. The molecule has 1 saturated heterocycles. The highest BCUT2D eigenvalue weighted by molar-refractivity contribution is 9.10. The number of hydrogen-bond acceptors (Lipinski definition) is 6. The first-order valence-electron chi connectivity index (χ1n) is 10.7. The Bertz CT molecular complexity index is 1220. The van der Waals surface area contributed by atoms with Gasteiger partial charge < -0.3 is 14.9 Å². The van der Waals surface area contributed by atoms with Crippen molar-refractivity contribution in [3.05, 3.63) is 69.7 Å². The van der Waals surface area contributed by atoms with Gasteiger partial charge in [-0.1, -0.05) is 28.1 Å². The van der Waals surface area contributed by atoms with Crippen molar-refractivity contribution in [1.82, 2.24) is 14.1 Å². The van der Waals surface area contributed by atoms with Gasteiger partial charge in [0, 0.05) is 30.7 Å². The number of rotatable bonds is 8. The van der Waals surface area contributed by atoms with Crippen molar-refractivity contribution < 1.29 is 23.1 Å². The summed E-state index contributed by atoms with van der Waals surface area (Å²) >= 11 is 3.44. The van der Waals surface area contributed by atoms with Gasteiger partial charge in [-0.05, 0) is 69.0 Å². The largest absolute Gasteiger partial charge is 0.507 e. The van der Waals surface area contributed by atoms with Crippen molar-refractivity contribution in [3.63, 3.8) is 0 Å². The maximum absolute atomic E-state index is 13.1. The third kappa shape index (κ3) is 5.25. The van der Waals surface area contributed by atoms with Crippen LogP contribution in [0.3, 0.4) is 0 Å². The number of aliphatic hydroxyl groups excluding tert-OH is 1. The molecule has 1 aliphatic rings. The molecule has 0 aromatic heterocycles. The first kappa shape index (κ1) is 26.1. The molecule has 182 valence electrons. The summed E-state index contributed by atoms with van der Waals surface area (Å²) in [5.41, 5.74) is 0.923. The van der Waals surface area contributed by atoms with E-state index < -0.39 is 27.8 Å². The summed E-state index contributed by atoms with van der Waals surface area (Å²) < 4.78 is 26.6. The van der Waals surface area contributed by atoms with Crippen LogP contribution in [0.25, 0.3) is 5.76 Å². The van der Waals surface area contributed by atoms with Crippen LogP contribution in [0.2, 0.25) is 0 Å². The number of carbonyl (C=O) groups excluding carboxylic acids is 2. The molecule has 8 nitrogen and oxygen atoms in total. The van der Waals surface area contributed by atoms with Gasteiger partial charge in [-0.3, -0.25) is 9.59 Å². The van der Waals surface area contributed by atoms with Crippen LogP contribution in [0.4, 0.5) is 0 Å². The van der Waals surface area contributed by atoms with Crippen molar-refractivity contribution in [2.75, 3.05) is 41.3 Å². The quantitative estimate of drug-likeness (QED) is 0.308. The minimum Gasteiger partial charge on any atom is -0.507 e. The second kappa shape index (κ2) is 10.4. The molecule has 1 fully saturated rings. The predicted octanol–water partition coefficient (Wildman–Crippen LogP) is 3.07. The molecule has 3 rings (SSSR count). The van der Waals surface area contributed by atoms with E-state index >= 15 is 0 Å². The van der Waals surface area contributed by atoms with E-state index in [2.05, 4.69) is 15.9 Å². The van der Waals surface area contributed by atoms with Gasteiger partial charge in [0.2, 0.25) is 10.0 Å². The van der Waals surface area contributed by atoms with E-state index in [0.717, 1.165) is 15.3 Å². The number of benzene rings is 2. The van der Waals surface area contributed by atoms with Crippen molar-refractivity contribution in [3.8, 4) is 0 Å². The van der Waals surface area contributed by atoms with Gasteiger partial charge in [-0.25, -0.2) is 12.7 Å². The molecular weight excluding hydrogens is 522 g/mol. The van der Waals surface area contributed by atoms with Gasteiger partial charge in [-0.15, -0.1) is 0 Å². The lowest BCUT2D eigenvalue weighted by Crippen LogP contribution is -2.32. The molecule has 10 heteroatoms. The van der Waals surface area contributed by atoms with Crippen LogP contribution in [-0.2, 0) is 19.6 Å². The van der Waals surface area contributed by atoms with Gasteiger partial charge in [0.1, 0.15) is 5.76 Å². The zero-order chi connectivity index (χ0) is 25.2. The lowest BCUT2D eigenvalue weighted by atomic mass is 9.95. The number of halogens is 1. The third-order valence-electron chi connectivity index (χ3n) is 5.62. The van der Waals surface area contributed by atoms with Crippen LogP contribution < -0.4 is 0 Å². The first-order chi connectivity index (χ1) is 15.9. The minimum atomic E-state index is -3.65.